The quantitative estimate of drug-likeness (QED) is 0.191. The van der Waals surface area contributed by atoms with Crippen LogP contribution >= 0.6 is 0 Å². The number of fused-ring (bicyclic) bond motifs is 8. The number of phenols is 2. The summed E-state index contributed by atoms with van der Waals surface area (Å²) in [7, 11) is 0. The van der Waals surface area contributed by atoms with Crippen LogP contribution < -0.4 is 0 Å². The Morgan fingerprint density at radius 1 is 0.521 bits per heavy atom. The molecule has 0 unspecified atom stereocenters. The highest BCUT2D eigenvalue weighted by Crippen LogP contribution is 2.42. The van der Waals surface area contributed by atoms with Gasteiger partial charge in [0, 0.05) is 33.0 Å². The molecule has 2 aliphatic rings. The van der Waals surface area contributed by atoms with Gasteiger partial charge in [0.25, 0.3) is 0 Å². The second-order valence-corrected chi connectivity index (χ2v) is 11.6. The first-order valence-electron chi connectivity index (χ1n) is 14.8. The van der Waals surface area contributed by atoms with E-state index >= 15 is 0 Å². The average Bonchev–Trinajstić information content (AvgIpc) is 3.56. The zero-order chi connectivity index (χ0) is 34.3. The first-order valence-corrected chi connectivity index (χ1v) is 14.8. The molecule has 236 valence electrons. The van der Waals surface area contributed by atoms with Crippen molar-refractivity contribution < 1.29 is 47.8 Å². The van der Waals surface area contributed by atoms with Crippen LogP contribution in [0.25, 0.3) is 21.9 Å². The maximum absolute atomic E-state index is 12.9. The second kappa shape index (κ2) is 10.6. The highest BCUT2D eigenvalue weighted by molar-refractivity contribution is 6.34. The van der Waals surface area contributed by atoms with Gasteiger partial charge in [0.1, 0.15) is 34.2 Å². The minimum absolute atomic E-state index is 0.0179. The van der Waals surface area contributed by atoms with E-state index in [0.29, 0.717) is 33.4 Å². The van der Waals surface area contributed by atoms with Gasteiger partial charge < -0.3 is 19.0 Å². The van der Waals surface area contributed by atoms with Crippen LogP contribution in [0.3, 0.4) is 0 Å². The molecule has 0 aliphatic heterocycles. The molecule has 2 heterocycles. The molecule has 10 heteroatoms. The summed E-state index contributed by atoms with van der Waals surface area (Å²) in [6, 6.07) is 15.5. The summed E-state index contributed by atoms with van der Waals surface area (Å²) < 4.78 is 11.3. The summed E-state index contributed by atoms with van der Waals surface area (Å²) in [5.41, 5.74) is 1.86. The van der Waals surface area contributed by atoms with Gasteiger partial charge in [-0.15, -0.1) is 0 Å². The number of benzene rings is 4. The van der Waals surface area contributed by atoms with Crippen molar-refractivity contribution in [1.82, 2.24) is 0 Å². The third kappa shape index (κ3) is 4.12. The lowest BCUT2D eigenvalue weighted by molar-refractivity contribution is 0.0977. The van der Waals surface area contributed by atoms with Crippen molar-refractivity contribution in [2.75, 3.05) is 0 Å². The summed E-state index contributed by atoms with van der Waals surface area (Å²) >= 11 is 0. The monoisotopic (exact) mass is 640 g/mol. The molecule has 0 radical (unpaired) electrons. The number of Topliss-reactive ketones (excluding diaryl/α,β-unsaturated/α-hetero) is 2. The number of aromatic hydroxyl groups is 2. The third-order valence-corrected chi connectivity index (χ3v) is 8.72. The first kappa shape index (κ1) is 30.2. The number of rotatable bonds is 2. The molecule has 2 aromatic heterocycles. The summed E-state index contributed by atoms with van der Waals surface area (Å²) in [6.07, 6.45) is 0. The van der Waals surface area contributed by atoms with Crippen molar-refractivity contribution in [3.63, 3.8) is 0 Å². The zero-order valence-electron chi connectivity index (χ0n) is 25.9. The van der Waals surface area contributed by atoms with Gasteiger partial charge in [-0.05, 0) is 39.8 Å². The lowest BCUT2D eigenvalue weighted by atomic mass is 9.82. The standard InChI is InChI=1S/2C19H12O5/c2*1-8(20)14-9(2)24-19-12(14)7-13(21)15-16(19)18(23)11-6-4-3-5-10(11)17(15)22/h2*3-7,21H,1-2H3. The number of furan rings is 2. The van der Waals surface area contributed by atoms with Crippen molar-refractivity contribution in [1.29, 1.82) is 0 Å². The zero-order valence-corrected chi connectivity index (χ0v) is 25.9. The number of ketones is 6. The van der Waals surface area contributed by atoms with Gasteiger partial charge in [-0.2, -0.15) is 0 Å². The van der Waals surface area contributed by atoms with Gasteiger partial charge >= 0.3 is 0 Å². The topological polar surface area (TPSA) is 169 Å². The number of aryl methyl sites for hydroxylation is 2. The molecule has 2 N–H and O–H groups in total. The van der Waals surface area contributed by atoms with Crippen molar-refractivity contribution in [2.24, 2.45) is 0 Å². The fourth-order valence-electron chi connectivity index (χ4n) is 6.74. The van der Waals surface area contributed by atoms with Gasteiger partial charge in [0.05, 0.1) is 33.4 Å². The van der Waals surface area contributed by atoms with E-state index in [0.717, 1.165) is 0 Å². The van der Waals surface area contributed by atoms with Gasteiger partial charge in [0.15, 0.2) is 34.7 Å². The number of phenolic OH excluding ortho intramolecular Hbond substituents is 2. The van der Waals surface area contributed by atoms with Crippen LogP contribution in [0.15, 0.2) is 69.5 Å². The SMILES string of the molecule is CC(=O)c1c(C)oc2c3c(c(O)cc12)C(=O)c1ccccc1C3=O.CC(=O)c1c(C)oc2c3c(c(O)cc12)C(=O)c1ccccc1C3=O. The van der Waals surface area contributed by atoms with Crippen molar-refractivity contribution >= 4 is 56.6 Å². The summed E-state index contributed by atoms with van der Waals surface area (Å²) in [4.78, 5) is 75.0. The van der Waals surface area contributed by atoms with Crippen LogP contribution in [0.2, 0.25) is 0 Å². The van der Waals surface area contributed by atoms with Crippen LogP contribution in [0.1, 0.15) is 110 Å². The number of carbonyl (C=O) groups is 6. The third-order valence-electron chi connectivity index (χ3n) is 8.72. The molecule has 10 nitrogen and oxygen atoms in total. The minimum atomic E-state index is -0.432. The highest BCUT2D eigenvalue weighted by Gasteiger charge is 2.37. The maximum atomic E-state index is 12.9. The molecule has 0 amide bonds. The van der Waals surface area contributed by atoms with E-state index in [2.05, 4.69) is 0 Å². The Morgan fingerprint density at radius 3 is 1.10 bits per heavy atom. The predicted octanol–water partition coefficient (Wildman–Crippen LogP) is 6.85. The molecule has 0 atom stereocenters. The minimum Gasteiger partial charge on any atom is -0.507 e. The van der Waals surface area contributed by atoms with E-state index in [9.17, 15) is 39.0 Å². The highest BCUT2D eigenvalue weighted by atomic mass is 16.3. The summed E-state index contributed by atoms with van der Waals surface area (Å²) in [5.74, 6) is -2.08. The van der Waals surface area contributed by atoms with Gasteiger partial charge in [-0.3, -0.25) is 28.8 Å². The van der Waals surface area contributed by atoms with E-state index in [1.54, 1.807) is 62.4 Å². The second-order valence-electron chi connectivity index (χ2n) is 11.6. The number of hydrogen-bond acceptors (Lipinski definition) is 10. The van der Waals surface area contributed by atoms with Crippen LogP contribution in [-0.2, 0) is 0 Å². The molecule has 6 aromatic rings. The fourth-order valence-corrected chi connectivity index (χ4v) is 6.74. The van der Waals surface area contributed by atoms with Crippen molar-refractivity contribution in [3.8, 4) is 11.5 Å². The Labute approximate surface area is 271 Å². The lowest BCUT2D eigenvalue weighted by Gasteiger charge is -2.18. The smallest absolute Gasteiger partial charge is 0.198 e. The molecule has 0 fully saturated rings. The molecular weight excluding hydrogens is 616 g/mol. The van der Waals surface area contributed by atoms with Crippen LogP contribution in [0.4, 0.5) is 0 Å². The molecule has 4 aromatic carbocycles. The number of hydrogen-bond donors (Lipinski definition) is 2. The fraction of sp³-hybridized carbons (Fsp3) is 0.105. The Hall–Kier alpha value is -6.42. The van der Waals surface area contributed by atoms with Crippen molar-refractivity contribution in [2.45, 2.75) is 27.7 Å². The largest absolute Gasteiger partial charge is 0.507 e. The molecular formula is C38H24O10. The molecule has 0 bridgehead atoms. The van der Waals surface area contributed by atoms with E-state index in [4.69, 9.17) is 8.83 Å². The lowest BCUT2D eigenvalue weighted by Crippen LogP contribution is -2.21. The Bertz CT molecular complexity index is 2350. The predicted molar refractivity (Wildman–Crippen MR) is 172 cm³/mol. The summed E-state index contributed by atoms with van der Waals surface area (Å²) in [6.45, 7) is 6.00. The maximum Gasteiger partial charge on any atom is 0.198 e. The summed E-state index contributed by atoms with van der Waals surface area (Å²) in [5, 5.41) is 21.4. The van der Waals surface area contributed by atoms with E-state index in [1.165, 1.54) is 26.0 Å². The molecule has 2 aliphatic carbocycles. The van der Waals surface area contributed by atoms with E-state index in [-0.39, 0.29) is 78.7 Å². The van der Waals surface area contributed by atoms with E-state index in [1.807, 2.05) is 0 Å². The van der Waals surface area contributed by atoms with Crippen LogP contribution in [-0.4, -0.2) is 44.9 Å². The normalized spacial score (nSPS) is 13.1. The van der Waals surface area contributed by atoms with Gasteiger partial charge in [-0.1, -0.05) is 48.5 Å². The first-order chi connectivity index (χ1) is 22.8. The Kier molecular flexibility index (Phi) is 6.66. The Morgan fingerprint density at radius 2 is 0.812 bits per heavy atom. The van der Waals surface area contributed by atoms with E-state index < -0.39 is 23.1 Å². The van der Waals surface area contributed by atoms with Crippen LogP contribution in [0, 0.1) is 13.8 Å². The molecule has 48 heavy (non-hydrogen) atoms. The Balaban J connectivity index is 0.000000152. The van der Waals surface area contributed by atoms with Gasteiger partial charge in [0.2, 0.25) is 0 Å². The molecule has 8 rings (SSSR count). The molecule has 0 spiro atoms. The van der Waals surface area contributed by atoms with Gasteiger partial charge in [-0.25, -0.2) is 0 Å². The van der Waals surface area contributed by atoms with Crippen LogP contribution in [0.5, 0.6) is 11.5 Å². The average molecular weight is 641 g/mol. The molecule has 0 saturated carbocycles. The van der Waals surface area contributed by atoms with Crippen molar-refractivity contribution in [3.05, 3.63) is 128 Å². The molecule has 0 saturated heterocycles. The number of carbonyl (C=O) groups excluding carboxylic acids is 6.